The molecule has 2 saturated carbocycles. The minimum Gasteiger partial charge on any atom is -0.391 e. The Morgan fingerprint density at radius 2 is 1.86 bits per heavy atom. The van der Waals surface area contributed by atoms with Gasteiger partial charge in [0.2, 0.25) is 0 Å². The number of anilines is 1. The van der Waals surface area contributed by atoms with Crippen molar-refractivity contribution in [2.75, 3.05) is 37.6 Å². The van der Waals surface area contributed by atoms with E-state index in [0.29, 0.717) is 11.3 Å². The van der Waals surface area contributed by atoms with Crippen molar-refractivity contribution in [2.45, 2.75) is 89.9 Å². The highest BCUT2D eigenvalue weighted by molar-refractivity contribution is 5.92. The van der Waals surface area contributed by atoms with Crippen molar-refractivity contribution in [3.05, 3.63) is 61.2 Å². The van der Waals surface area contributed by atoms with E-state index in [1.807, 2.05) is 6.20 Å². The lowest BCUT2D eigenvalue weighted by Gasteiger charge is -2.54. The topological polar surface area (TPSA) is 48.4 Å². The van der Waals surface area contributed by atoms with E-state index in [2.05, 4.69) is 77.0 Å². The van der Waals surface area contributed by atoms with Crippen molar-refractivity contribution in [1.82, 2.24) is 25.3 Å². The molecule has 6 rings (SSSR count). The third-order valence-corrected chi connectivity index (χ3v) is 11.5. The van der Waals surface area contributed by atoms with Crippen LogP contribution in [-0.2, 0) is 7.05 Å². The van der Waals surface area contributed by atoms with Crippen LogP contribution in [-0.4, -0.2) is 47.4 Å². The molecule has 1 atom stereocenters. The van der Waals surface area contributed by atoms with Crippen molar-refractivity contribution < 1.29 is 0 Å². The summed E-state index contributed by atoms with van der Waals surface area (Å²) in [6.45, 7) is 20.4. The molecule has 1 aromatic heterocycles. The van der Waals surface area contributed by atoms with Gasteiger partial charge in [0.15, 0.2) is 5.82 Å². The van der Waals surface area contributed by atoms with Gasteiger partial charge < -0.3 is 20.4 Å². The van der Waals surface area contributed by atoms with Gasteiger partial charge in [0.25, 0.3) is 0 Å². The number of aromatic nitrogens is 2. The molecule has 4 fully saturated rings. The van der Waals surface area contributed by atoms with E-state index >= 15 is 0 Å². The highest BCUT2D eigenvalue weighted by Gasteiger charge is 2.45. The van der Waals surface area contributed by atoms with Crippen LogP contribution in [0, 0.1) is 23.2 Å². The van der Waals surface area contributed by atoms with Crippen LogP contribution in [0.2, 0.25) is 0 Å². The van der Waals surface area contributed by atoms with Crippen LogP contribution in [0.25, 0.3) is 10.9 Å². The number of aryl methyl sites for hydroxylation is 1. The highest BCUT2D eigenvalue weighted by Crippen LogP contribution is 2.49. The Labute approximate surface area is 260 Å². The second-order valence-corrected chi connectivity index (χ2v) is 14.8. The molecule has 2 aliphatic carbocycles. The van der Waals surface area contributed by atoms with Gasteiger partial charge in [-0.15, -0.1) is 0 Å². The predicted octanol–water partition coefficient (Wildman–Crippen LogP) is 7.66. The van der Waals surface area contributed by atoms with E-state index in [0.717, 1.165) is 54.6 Å². The first-order valence-electron chi connectivity index (χ1n) is 17.3. The maximum absolute atomic E-state index is 4.92. The summed E-state index contributed by atoms with van der Waals surface area (Å²) in [4.78, 5) is 4.99. The van der Waals surface area contributed by atoms with Crippen LogP contribution in [0.1, 0.15) is 95.5 Å². The Morgan fingerprint density at radius 1 is 1.09 bits per heavy atom. The fraction of sp³-hybridized carbons (Fsp3) is 0.649. The predicted molar refractivity (Wildman–Crippen MR) is 181 cm³/mol. The van der Waals surface area contributed by atoms with Crippen molar-refractivity contribution in [3.8, 4) is 0 Å². The third-order valence-electron chi connectivity index (χ3n) is 11.5. The summed E-state index contributed by atoms with van der Waals surface area (Å²) in [7, 11) is 2.07. The average Bonchev–Trinajstić information content (AvgIpc) is 3.31. The Balaban J connectivity index is 1.01. The molecule has 2 aromatic rings. The molecule has 0 amide bonds. The Kier molecular flexibility index (Phi) is 9.23. The van der Waals surface area contributed by atoms with E-state index < -0.39 is 0 Å². The molecule has 2 saturated heterocycles. The number of likely N-dealkylation sites (tertiary alicyclic amines) is 1. The molecule has 4 aliphatic rings. The van der Waals surface area contributed by atoms with Crippen molar-refractivity contribution >= 4 is 16.7 Å². The molecule has 1 unspecified atom stereocenters. The number of nitrogens with zero attached hydrogens (tertiary/aromatic N) is 4. The quantitative estimate of drug-likeness (QED) is 0.266. The third kappa shape index (κ3) is 6.84. The van der Waals surface area contributed by atoms with Gasteiger partial charge in [-0.3, -0.25) is 4.68 Å². The lowest BCUT2D eigenvalue weighted by atomic mass is 9.64. The Hall–Kier alpha value is -2.73. The molecule has 6 heteroatoms. The van der Waals surface area contributed by atoms with Crippen LogP contribution >= 0.6 is 0 Å². The molecule has 0 bridgehead atoms. The maximum atomic E-state index is 4.92. The van der Waals surface area contributed by atoms with Gasteiger partial charge in [0.1, 0.15) is 5.82 Å². The molecule has 1 aromatic carbocycles. The van der Waals surface area contributed by atoms with Crippen LogP contribution in [0.5, 0.6) is 0 Å². The van der Waals surface area contributed by atoms with Gasteiger partial charge in [0, 0.05) is 57.3 Å². The lowest BCUT2D eigenvalue weighted by molar-refractivity contribution is -0.0412. The number of hydrogen-bond acceptors (Lipinski definition) is 5. The van der Waals surface area contributed by atoms with E-state index in [1.165, 1.54) is 107 Å². The highest BCUT2D eigenvalue weighted by atomic mass is 15.4. The smallest absolute Gasteiger partial charge is 0.164 e. The summed E-state index contributed by atoms with van der Waals surface area (Å²) >= 11 is 0. The van der Waals surface area contributed by atoms with Crippen LogP contribution in [0.15, 0.2) is 55.7 Å². The molecule has 0 radical (unpaired) electrons. The Morgan fingerprint density at radius 3 is 2.58 bits per heavy atom. The largest absolute Gasteiger partial charge is 0.391 e. The minimum absolute atomic E-state index is 0.565. The van der Waals surface area contributed by atoms with Gasteiger partial charge >= 0.3 is 0 Å². The fourth-order valence-corrected chi connectivity index (χ4v) is 8.74. The Bertz CT molecular complexity index is 1280. The van der Waals surface area contributed by atoms with Crippen molar-refractivity contribution in [3.63, 3.8) is 0 Å². The zero-order chi connectivity index (χ0) is 30.0. The first kappa shape index (κ1) is 30.3. The van der Waals surface area contributed by atoms with E-state index in [4.69, 9.17) is 5.10 Å². The van der Waals surface area contributed by atoms with E-state index in [1.54, 1.807) is 0 Å². The molecular weight excluding hydrogens is 528 g/mol. The van der Waals surface area contributed by atoms with Gasteiger partial charge in [0.05, 0.1) is 5.52 Å². The van der Waals surface area contributed by atoms with Gasteiger partial charge in [-0.05, 0) is 91.5 Å². The summed E-state index contributed by atoms with van der Waals surface area (Å²) in [5, 5.41) is 12.8. The molecule has 2 N–H and O–H groups in total. The van der Waals surface area contributed by atoms with Crippen molar-refractivity contribution in [2.24, 2.45) is 30.2 Å². The minimum atomic E-state index is 0.565. The molecule has 2 aliphatic heterocycles. The molecule has 6 nitrogen and oxygen atoms in total. The van der Waals surface area contributed by atoms with Crippen LogP contribution in [0.3, 0.4) is 0 Å². The summed E-state index contributed by atoms with van der Waals surface area (Å²) in [5.41, 5.74) is 4.30. The number of nitrogens with one attached hydrogen (secondary N) is 2. The summed E-state index contributed by atoms with van der Waals surface area (Å²) in [6, 6.07) is 7.08. The average molecular weight is 585 g/mol. The molecule has 3 heterocycles. The van der Waals surface area contributed by atoms with Gasteiger partial charge in [-0.2, -0.15) is 5.10 Å². The summed E-state index contributed by atoms with van der Waals surface area (Å²) in [6.07, 6.45) is 18.1. The second kappa shape index (κ2) is 13.1. The molecular formula is C37H56N6. The number of benzene rings is 1. The first-order valence-corrected chi connectivity index (χ1v) is 17.3. The van der Waals surface area contributed by atoms with Gasteiger partial charge in [-0.1, -0.05) is 64.8 Å². The number of hydrogen-bond donors (Lipinski definition) is 2. The maximum Gasteiger partial charge on any atom is 0.164 e. The summed E-state index contributed by atoms with van der Waals surface area (Å²) < 4.78 is 2.05. The lowest BCUT2D eigenvalue weighted by Crippen LogP contribution is -2.58. The van der Waals surface area contributed by atoms with Gasteiger partial charge in [-0.25, -0.2) is 0 Å². The first-order chi connectivity index (χ1) is 20.8. The zero-order valence-corrected chi connectivity index (χ0v) is 27.0. The SMILES string of the molecule is C=CNCCC(CCC1CCC(C)CC1)CN1CC2(CCC(c3ccc4c(N5CCC(=C)NC5=C)nn(C)c4c3)CC2)C1. The van der Waals surface area contributed by atoms with Crippen LogP contribution < -0.4 is 15.5 Å². The van der Waals surface area contributed by atoms with E-state index in [9.17, 15) is 0 Å². The number of rotatable bonds is 11. The fourth-order valence-electron chi connectivity index (χ4n) is 8.74. The monoisotopic (exact) mass is 584 g/mol. The van der Waals surface area contributed by atoms with Crippen LogP contribution in [0.4, 0.5) is 5.82 Å². The molecule has 43 heavy (non-hydrogen) atoms. The zero-order valence-electron chi connectivity index (χ0n) is 27.0. The second-order valence-electron chi connectivity index (χ2n) is 14.8. The summed E-state index contributed by atoms with van der Waals surface area (Å²) in [5.74, 6) is 5.26. The normalized spacial score (nSPS) is 25.5. The molecule has 234 valence electrons. The standard InChI is InChI=1S/C37H56N6/c1-6-38-21-17-31(12-11-30-9-7-27(2)8-10-30)24-42-25-37(26-42)19-15-32(16-20-37)33-13-14-34-35(23-33)41(5)40-36(34)43-22-18-28(3)39-29(43)4/h6,13-14,23,27,30-32,38-39H,1,3-4,7-12,15-22,24-26H2,2,5H3. The number of fused-ring (bicyclic) bond motifs is 1. The van der Waals surface area contributed by atoms with E-state index in [-0.39, 0.29) is 0 Å². The van der Waals surface area contributed by atoms with Crippen molar-refractivity contribution in [1.29, 1.82) is 0 Å². The molecule has 1 spiro atoms.